The largest absolute Gasteiger partial charge is 0.432 e. The topological polar surface area (TPSA) is 88.3 Å². The Balaban J connectivity index is 2.40. The van der Waals surface area contributed by atoms with Crippen molar-refractivity contribution < 1.29 is 30.7 Å². The van der Waals surface area contributed by atoms with Crippen molar-refractivity contribution in [1.29, 1.82) is 10.5 Å². The summed E-state index contributed by atoms with van der Waals surface area (Å²) in [6.07, 6.45) is -9.59. The van der Waals surface area contributed by atoms with Gasteiger partial charge in [0.1, 0.15) is 17.2 Å². The summed E-state index contributed by atoms with van der Waals surface area (Å²) in [6.45, 7) is 0. The molecule has 1 aromatic carbocycles. The van der Waals surface area contributed by atoms with Crippen molar-refractivity contribution >= 4 is 10.9 Å². The Labute approximate surface area is 151 Å². The van der Waals surface area contributed by atoms with Crippen molar-refractivity contribution in [2.24, 2.45) is 0 Å². The highest BCUT2D eigenvalue weighted by Gasteiger charge is 2.50. The average Bonchev–Trinajstić information content (AvgIpc) is 3.04. The minimum Gasteiger partial charge on any atom is -0.346 e. The summed E-state index contributed by atoms with van der Waals surface area (Å²) < 4.78 is 94.4. The summed E-state index contributed by atoms with van der Waals surface area (Å²) in [6, 6.07) is 4.09. The van der Waals surface area contributed by atoms with Crippen LogP contribution in [0.5, 0.6) is 0 Å². The Hall–Kier alpha value is -3.54. The Bertz CT molecular complexity index is 1060. The lowest BCUT2D eigenvalue weighted by atomic mass is 9.80. The lowest BCUT2D eigenvalue weighted by molar-refractivity contribution is -0.112. The van der Waals surface area contributed by atoms with Crippen LogP contribution in [0.15, 0.2) is 40.9 Å². The summed E-state index contributed by atoms with van der Waals surface area (Å²) in [5.41, 5.74) is -7.06. The fraction of sp³-hybridized carbons (Fsp3) is 0.188. The third kappa shape index (κ3) is 3.03. The predicted octanol–water partition coefficient (Wildman–Crippen LogP) is 4.07. The molecule has 0 amide bonds. The van der Waals surface area contributed by atoms with Crippen molar-refractivity contribution in [2.75, 3.05) is 0 Å². The Kier molecular flexibility index (Phi) is 4.30. The molecule has 2 N–H and O–H groups in total. The molecule has 1 aliphatic rings. The van der Waals surface area contributed by atoms with Crippen LogP contribution in [0.2, 0.25) is 0 Å². The maximum Gasteiger partial charge on any atom is 0.432 e. The number of nitrogens with zero attached hydrogens (tertiary/aromatic N) is 3. The zero-order valence-electron chi connectivity index (χ0n) is 13.3. The van der Waals surface area contributed by atoms with Gasteiger partial charge in [-0.15, -0.1) is 0 Å². The van der Waals surface area contributed by atoms with E-state index in [4.69, 9.17) is 0 Å². The molecule has 12 heteroatoms. The second-order valence-corrected chi connectivity index (χ2v) is 5.69. The van der Waals surface area contributed by atoms with E-state index >= 15 is 0 Å². The summed E-state index contributed by atoms with van der Waals surface area (Å²) in [4.78, 5) is 0. The van der Waals surface area contributed by atoms with E-state index in [0.717, 1.165) is 17.4 Å². The highest BCUT2D eigenvalue weighted by atomic mass is 19.4. The van der Waals surface area contributed by atoms with Gasteiger partial charge in [0.2, 0.25) is 0 Å². The molecule has 3 rings (SSSR count). The third-order valence-corrected chi connectivity index (χ3v) is 4.04. The number of dihydropyridines is 1. The predicted molar refractivity (Wildman–Crippen MR) is 79.3 cm³/mol. The van der Waals surface area contributed by atoms with E-state index in [9.17, 15) is 41.3 Å². The Morgan fingerprint density at radius 3 is 1.93 bits per heavy atom. The zero-order valence-corrected chi connectivity index (χ0v) is 13.3. The van der Waals surface area contributed by atoms with Crippen LogP contribution in [0, 0.1) is 28.5 Å². The molecule has 0 unspecified atom stereocenters. The van der Waals surface area contributed by atoms with Crippen LogP contribution in [-0.2, 0) is 0 Å². The van der Waals surface area contributed by atoms with Gasteiger partial charge in [-0.05, 0) is 12.1 Å². The number of aromatic amines is 1. The molecule has 0 aliphatic carbocycles. The van der Waals surface area contributed by atoms with Crippen LogP contribution in [-0.4, -0.2) is 22.5 Å². The number of allylic oxidation sites excluding steroid dienone is 4. The van der Waals surface area contributed by atoms with Gasteiger partial charge in [-0.1, -0.05) is 0 Å². The fourth-order valence-corrected chi connectivity index (χ4v) is 2.90. The number of rotatable bonds is 1. The molecule has 2 heterocycles. The summed E-state index contributed by atoms with van der Waals surface area (Å²) >= 11 is 0. The van der Waals surface area contributed by atoms with Gasteiger partial charge in [-0.2, -0.15) is 42.0 Å². The average molecular weight is 401 g/mol. The van der Waals surface area contributed by atoms with E-state index in [2.05, 4.69) is 10.2 Å². The highest BCUT2D eigenvalue weighted by Crippen LogP contribution is 2.46. The smallest absolute Gasteiger partial charge is 0.346 e. The number of benzene rings is 1. The first kappa shape index (κ1) is 19.2. The van der Waals surface area contributed by atoms with Gasteiger partial charge in [0.15, 0.2) is 0 Å². The SMILES string of the molecule is N#CC1=C(C(F)(F)F)NC(C(F)(F)F)=C(C#N)C1c1cc2cn[nH]c2cc1F. The first-order chi connectivity index (χ1) is 13.0. The standard InChI is InChI=1S/C16H6F7N5/c17-10-2-11-6(5-26-28-11)1-7(10)12-8(3-24)13(15(18,19)20)27-14(9(12)4-25)16(21,22)23/h1-2,5,12,27H,(H,26,28). The molecule has 0 fully saturated rings. The molecule has 0 bridgehead atoms. The van der Waals surface area contributed by atoms with Crippen LogP contribution >= 0.6 is 0 Å². The molecule has 2 aromatic rings. The number of halogens is 7. The van der Waals surface area contributed by atoms with Crippen LogP contribution in [0.1, 0.15) is 11.5 Å². The fourth-order valence-electron chi connectivity index (χ4n) is 2.90. The maximum absolute atomic E-state index is 14.6. The number of alkyl halides is 6. The van der Waals surface area contributed by atoms with Crippen molar-refractivity contribution in [3.63, 3.8) is 0 Å². The minimum absolute atomic E-state index is 0.132. The Morgan fingerprint density at radius 2 is 1.46 bits per heavy atom. The Morgan fingerprint density at radius 1 is 0.929 bits per heavy atom. The summed E-state index contributed by atoms with van der Waals surface area (Å²) in [5, 5.41) is 25.7. The van der Waals surface area contributed by atoms with Gasteiger partial charge in [0, 0.05) is 10.9 Å². The van der Waals surface area contributed by atoms with Gasteiger partial charge in [0.25, 0.3) is 0 Å². The molecule has 0 saturated carbocycles. The number of nitrogens with one attached hydrogen (secondary N) is 2. The number of nitriles is 2. The molecule has 5 nitrogen and oxygen atoms in total. The molecule has 28 heavy (non-hydrogen) atoms. The first-order valence-corrected chi connectivity index (χ1v) is 7.31. The van der Waals surface area contributed by atoms with E-state index in [1.165, 1.54) is 18.3 Å². The van der Waals surface area contributed by atoms with Crippen molar-refractivity contribution in [1.82, 2.24) is 15.5 Å². The number of hydrogen-bond acceptors (Lipinski definition) is 4. The van der Waals surface area contributed by atoms with E-state index < -0.39 is 52.2 Å². The monoisotopic (exact) mass is 401 g/mol. The lowest BCUT2D eigenvalue weighted by Crippen LogP contribution is -2.39. The van der Waals surface area contributed by atoms with Gasteiger partial charge in [0.05, 0.1) is 40.9 Å². The first-order valence-electron chi connectivity index (χ1n) is 7.31. The molecule has 1 aliphatic heterocycles. The van der Waals surface area contributed by atoms with Crippen LogP contribution in [0.25, 0.3) is 10.9 Å². The zero-order chi connectivity index (χ0) is 20.9. The second-order valence-electron chi connectivity index (χ2n) is 5.69. The molecular weight excluding hydrogens is 395 g/mol. The van der Waals surface area contributed by atoms with E-state index in [-0.39, 0.29) is 10.9 Å². The molecule has 0 spiro atoms. The number of aromatic nitrogens is 2. The number of fused-ring (bicyclic) bond motifs is 1. The van der Waals surface area contributed by atoms with E-state index in [1.54, 1.807) is 0 Å². The van der Waals surface area contributed by atoms with Gasteiger partial charge in [-0.3, -0.25) is 5.10 Å². The van der Waals surface area contributed by atoms with Crippen LogP contribution < -0.4 is 5.32 Å². The molecule has 1 aromatic heterocycles. The normalized spacial score (nSPS) is 16.2. The van der Waals surface area contributed by atoms with Crippen molar-refractivity contribution in [3.8, 4) is 12.1 Å². The minimum atomic E-state index is -5.38. The summed E-state index contributed by atoms with van der Waals surface area (Å²) in [7, 11) is 0. The van der Waals surface area contributed by atoms with Gasteiger partial charge in [-0.25, -0.2) is 4.39 Å². The van der Waals surface area contributed by atoms with Crippen molar-refractivity contribution in [3.05, 3.63) is 52.3 Å². The number of hydrogen-bond donors (Lipinski definition) is 2. The second kappa shape index (κ2) is 6.27. The van der Waals surface area contributed by atoms with Gasteiger partial charge >= 0.3 is 12.4 Å². The molecule has 0 atom stereocenters. The van der Waals surface area contributed by atoms with Crippen LogP contribution in [0.3, 0.4) is 0 Å². The highest BCUT2D eigenvalue weighted by molar-refractivity contribution is 5.79. The van der Waals surface area contributed by atoms with Gasteiger partial charge < -0.3 is 5.32 Å². The number of H-pyrrole nitrogens is 1. The third-order valence-electron chi connectivity index (χ3n) is 4.04. The molecule has 0 saturated heterocycles. The summed E-state index contributed by atoms with van der Waals surface area (Å²) in [5.74, 6) is -3.41. The molecular formula is C16H6F7N5. The maximum atomic E-state index is 14.6. The molecule has 0 radical (unpaired) electrons. The lowest BCUT2D eigenvalue weighted by Gasteiger charge is -2.30. The quantitative estimate of drug-likeness (QED) is 0.706. The molecule has 144 valence electrons. The van der Waals surface area contributed by atoms with Crippen molar-refractivity contribution in [2.45, 2.75) is 18.3 Å². The van der Waals surface area contributed by atoms with E-state index in [0.29, 0.717) is 0 Å². The van der Waals surface area contributed by atoms with Crippen LogP contribution in [0.4, 0.5) is 30.7 Å². The van der Waals surface area contributed by atoms with E-state index in [1.807, 2.05) is 0 Å².